The molecule has 1 aliphatic rings. The maximum absolute atomic E-state index is 13.0. The van der Waals surface area contributed by atoms with Gasteiger partial charge in [-0.15, -0.1) is 11.3 Å². The van der Waals surface area contributed by atoms with Crippen molar-refractivity contribution in [3.8, 4) is 22.6 Å². The molecule has 4 aromatic rings. The first-order valence-electron chi connectivity index (χ1n) is 9.40. The number of aromatic nitrogens is 2. The van der Waals surface area contributed by atoms with E-state index >= 15 is 0 Å². The fourth-order valence-corrected chi connectivity index (χ4v) is 4.28. The van der Waals surface area contributed by atoms with E-state index in [2.05, 4.69) is 10.3 Å². The molecule has 5 rings (SSSR count). The minimum absolute atomic E-state index is 0.143. The molecule has 1 amide bonds. The molecular weight excluding hydrogens is 402 g/mol. The molecule has 0 bridgehead atoms. The Hall–Kier alpha value is -3.65. The van der Waals surface area contributed by atoms with Gasteiger partial charge in [-0.3, -0.25) is 14.2 Å². The summed E-state index contributed by atoms with van der Waals surface area (Å²) in [7, 11) is 0. The molecule has 0 unspecified atom stereocenters. The summed E-state index contributed by atoms with van der Waals surface area (Å²) in [5.74, 6) is 1.06. The first-order valence-corrected chi connectivity index (χ1v) is 10.3. The Labute approximate surface area is 175 Å². The number of benzene rings is 2. The van der Waals surface area contributed by atoms with Crippen LogP contribution in [0.25, 0.3) is 21.3 Å². The number of hydrogen-bond donors (Lipinski definition) is 1. The highest BCUT2D eigenvalue weighted by atomic mass is 32.1. The Bertz CT molecular complexity index is 1300. The predicted molar refractivity (Wildman–Crippen MR) is 115 cm³/mol. The fraction of sp³-hybridized carbons (Fsp3) is 0.136. The Balaban J connectivity index is 1.34. The van der Waals surface area contributed by atoms with Crippen LogP contribution in [0.4, 0.5) is 5.69 Å². The van der Waals surface area contributed by atoms with Gasteiger partial charge < -0.3 is 14.8 Å². The van der Waals surface area contributed by atoms with Crippen LogP contribution in [0, 0.1) is 0 Å². The van der Waals surface area contributed by atoms with E-state index in [1.165, 1.54) is 22.2 Å². The minimum atomic E-state index is -0.200. The summed E-state index contributed by atoms with van der Waals surface area (Å²) in [6, 6.07) is 15.0. The lowest BCUT2D eigenvalue weighted by molar-refractivity contribution is -0.116. The van der Waals surface area contributed by atoms with Crippen LogP contribution in [0.2, 0.25) is 0 Å². The number of nitrogens with zero attached hydrogens (tertiary/aromatic N) is 2. The average molecular weight is 419 g/mol. The van der Waals surface area contributed by atoms with E-state index in [1.807, 2.05) is 35.7 Å². The smallest absolute Gasteiger partial charge is 0.262 e. The lowest BCUT2D eigenvalue weighted by Crippen LogP contribution is -2.23. The Kier molecular flexibility index (Phi) is 4.68. The maximum atomic E-state index is 13.0. The zero-order chi connectivity index (χ0) is 20.5. The Morgan fingerprint density at radius 2 is 1.97 bits per heavy atom. The van der Waals surface area contributed by atoms with Gasteiger partial charge in [0.25, 0.3) is 5.56 Å². The maximum Gasteiger partial charge on any atom is 0.262 e. The van der Waals surface area contributed by atoms with Crippen molar-refractivity contribution in [2.45, 2.75) is 13.0 Å². The van der Waals surface area contributed by atoms with Gasteiger partial charge in [0.2, 0.25) is 12.7 Å². The van der Waals surface area contributed by atoms with Crippen LogP contribution < -0.4 is 20.3 Å². The predicted octanol–water partition coefficient (Wildman–Crippen LogP) is 3.88. The number of thiophene rings is 1. The molecule has 0 fully saturated rings. The van der Waals surface area contributed by atoms with Crippen LogP contribution in [0.3, 0.4) is 0 Å². The van der Waals surface area contributed by atoms with Crippen LogP contribution in [-0.4, -0.2) is 22.3 Å². The number of carbonyl (C=O) groups is 1. The van der Waals surface area contributed by atoms with Gasteiger partial charge in [0.05, 0.1) is 11.7 Å². The topological polar surface area (TPSA) is 82.5 Å². The third kappa shape index (κ3) is 3.42. The van der Waals surface area contributed by atoms with E-state index in [1.54, 1.807) is 18.2 Å². The van der Waals surface area contributed by atoms with Crippen molar-refractivity contribution in [1.29, 1.82) is 0 Å². The highest BCUT2D eigenvalue weighted by molar-refractivity contribution is 7.17. The minimum Gasteiger partial charge on any atom is -0.454 e. The third-order valence-electron chi connectivity index (χ3n) is 4.88. The van der Waals surface area contributed by atoms with E-state index in [-0.39, 0.29) is 31.2 Å². The zero-order valence-corrected chi connectivity index (χ0v) is 16.6. The van der Waals surface area contributed by atoms with Gasteiger partial charge in [0.1, 0.15) is 4.83 Å². The molecule has 0 radical (unpaired) electrons. The van der Waals surface area contributed by atoms with Crippen molar-refractivity contribution in [3.05, 3.63) is 70.6 Å². The Morgan fingerprint density at radius 3 is 2.83 bits per heavy atom. The average Bonchev–Trinajstić information content (AvgIpc) is 3.41. The van der Waals surface area contributed by atoms with Crippen molar-refractivity contribution in [3.63, 3.8) is 0 Å². The molecule has 0 spiro atoms. The van der Waals surface area contributed by atoms with Gasteiger partial charge in [0.15, 0.2) is 11.5 Å². The first kappa shape index (κ1) is 18.4. The second-order valence-corrected chi connectivity index (χ2v) is 7.66. The molecule has 1 N–H and O–H groups in total. The molecule has 1 aliphatic heterocycles. The van der Waals surface area contributed by atoms with E-state index < -0.39 is 0 Å². The molecule has 2 aromatic heterocycles. The number of anilines is 1. The van der Waals surface area contributed by atoms with Crippen molar-refractivity contribution >= 4 is 33.1 Å². The standard InChI is InChI=1S/C22H17N3O4S/c26-19(24-15-6-7-17-18(10-15)29-13-28-17)8-9-25-12-23-21-20(22(25)27)16(11-30-21)14-4-2-1-3-5-14/h1-7,10-12H,8-9,13H2,(H,24,26). The highest BCUT2D eigenvalue weighted by Gasteiger charge is 2.16. The molecular formula is C22H17N3O4S. The summed E-state index contributed by atoms with van der Waals surface area (Å²) in [4.78, 5) is 30.5. The number of ether oxygens (including phenoxy) is 2. The van der Waals surface area contributed by atoms with Crippen LogP contribution in [0.5, 0.6) is 11.5 Å². The number of hydrogen-bond acceptors (Lipinski definition) is 6. The summed E-state index contributed by atoms with van der Waals surface area (Å²) in [5.41, 5.74) is 2.32. The number of nitrogens with one attached hydrogen (secondary N) is 1. The molecule has 2 aromatic carbocycles. The van der Waals surface area contributed by atoms with Gasteiger partial charge in [0, 0.05) is 35.7 Å². The van der Waals surface area contributed by atoms with Crippen LogP contribution >= 0.6 is 11.3 Å². The zero-order valence-electron chi connectivity index (χ0n) is 15.8. The van der Waals surface area contributed by atoms with Crippen LogP contribution in [-0.2, 0) is 11.3 Å². The van der Waals surface area contributed by atoms with Gasteiger partial charge in [-0.1, -0.05) is 30.3 Å². The van der Waals surface area contributed by atoms with Crippen LogP contribution in [0.15, 0.2) is 65.0 Å². The molecule has 0 saturated heterocycles. The molecule has 0 atom stereocenters. The van der Waals surface area contributed by atoms with Gasteiger partial charge in [-0.2, -0.15) is 0 Å². The summed E-state index contributed by atoms with van der Waals surface area (Å²) < 4.78 is 12.1. The molecule has 3 heterocycles. The molecule has 150 valence electrons. The van der Waals surface area contributed by atoms with Gasteiger partial charge >= 0.3 is 0 Å². The van der Waals surface area contributed by atoms with Crippen molar-refractivity contribution in [2.75, 3.05) is 12.1 Å². The monoisotopic (exact) mass is 419 g/mol. The number of aryl methyl sites for hydroxylation is 1. The van der Waals surface area contributed by atoms with Gasteiger partial charge in [-0.25, -0.2) is 4.98 Å². The molecule has 8 heteroatoms. The number of carbonyl (C=O) groups excluding carboxylic acids is 1. The van der Waals surface area contributed by atoms with Crippen molar-refractivity contribution in [1.82, 2.24) is 9.55 Å². The second kappa shape index (κ2) is 7.64. The lowest BCUT2D eigenvalue weighted by atomic mass is 10.1. The number of amides is 1. The summed E-state index contributed by atoms with van der Waals surface area (Å²) in [6.45, 7) is 0.418. The summed E-state index contributed by atoms with van der Waals surface area (Å²) >= 11 is 1.44. The van der Waals surface area contributed by atoms with Gasteiger partial charge in [-0.05, 0) is 17.7 Å². The van der Waals surface area contributed by atoms with E-state index in [0.717, 1.165) is 11.1 Å². The normalized spacial score (nSPS) is 12.3. The summed E-state index contributed by atoms with van der Waals surface area (Å²) in [6.07, 6.45) is 1.65. The van der Waals surface area contributed by atoms with E-state index in [0.29, 0.717) is 27.4 Å². The second-order valence-electron chi connectivity index (χ2n) is 6.80. The highest BCUT2D eigenvalue weighted by Crippen LogP contribution is 2.34. The van der Waals surface area contributed by atoms with E-state index in [4.69, 9.17) is 9.47 Å². The quantitative estimate of drug-likeness (QED) is 0.531. The van der Waals surface area contributed by atoms with Crippen molar-refractivity contribution in [2.24, 2.45) is 0 Å². The van der Waals surface area contributed by atoms with Crippen molar-refractivity contribution < 1.29 is 14.3 Å². The van der Waals surface area contributed by atoms with E-state index in [9.17, 15) is 9.59 Å². The largest absolute Gasteiger partial charge is 0.454 e. The van der Waals surface area contributed by atoms with Crippen LogP contribution in [0.1, 0.15) is 6.42 Å². The molecule has 0 saturated carbocycles. The fourth-order valence-electron chi connectivity index (χ4n) is 3.38. The lowest BCUT2D eigenvalue weighted by Gasteiger charge is -2.08. The molecule has 30 heavy (non-hydrogen) atoms. The summed E-state index contributed by atoms with van der Waals surface area (Å²) in [5, 5.41) is 5.36. The number of fused-ring (bicyclic) bond motifs is 2. The number of rotatable bonds is 5. The SMILES string of the molecule is O=C(CCn1cnc2scc(-c3ccccc3)c2c1=O)Nc1ccc2c(c1)OCO2. The molecule has 0 aliphatic carbocycles. The third-order valence-corrected chi connectivity index (χ3v) is 5.77. The first-order chi connectivity index (χ1) is 14.7. The Morgan fingerprint density at radius 1 is 1.13 bits per heavy atom. The molecule has 7 nitrogen and oxygen atoms in total.